The molecule has 0 aliphatic carbocycles. The number of fused-ring (bicyclic) bond motifs is 1. The summed E-state index contributed by atoms with van der Waals surface area (Å²) in [6.07, 6.45) is 0.496. The number of hydrogen-bond acceptors (Lipinski definition) is 5. The van der Waals surface area contributed by atoms with Gasteiger partial charge in [-0.15, -0.1) is 0 Å². The van der Waals surface area contributed by atoms with Crippen molar-refractivity contribution < 1.29 is 17.6 Å². The van der Waals surface area contributed by atoms with Crippen LogP contribution in [0.3, 0.4) is 0 Å². The van der Waals surface area contributed by atoms with E-state index in [1.807, 2.05) is 25.1 Å². The van der Waals surface area contributed by atoms with Gasteiger partial charge in [0.2, 0.25) is 0 Å². The van der Waals surface area contributed by atoms with Crippen LogP contribution in [0.1, 0.15) is 34.3 Å². The highest BCUT2D eigenvalue weighted by molar-refractivity contribution is 7.91. The SMILES string of the molecule is Cc1ccc2oc(C(=O)Nc3cc(C)nn3[C@@H]3CCS(=O)(=O)C3)cc2c1. The van der Waals surface area contributed by atoms with Crippen molar-refractivity contribution >= 4 is 32.5 Å². The largest absolute Gasteiger partial charge is 0.451 e. The van der Waals surface area contributed by atoms with Gasteiger partial charge < -0.3 is 9.73 Å². The molecule has 1 N–H and O–H groups in total. The van der Waals surface area contributed by atoms with E-state index in [0.29, 0.717) is 23.5 Å². The van der Waals surface area contributed by atoms with Gasteiger partial charge in [0, 0.05) is 11.5 Å². The molecule has 0 unspecified atom stereocenters. The maximum absolute atomic E-state index is 12.6. The maximum atomic E-state index is 12.6. The zero-order valence-electron chi connectivity index (χ0n) is 14.5. The molecule has 1 atom stereocenters. The number of furan rings is 1. The van der Waals surface area contributed by atoms with Gasteiger partial charge in [-0.05, 0) is 38.5 Å². The van der Waals surface area contributed by atoms with Crippen molar-refractivity contribution in [1.29, 1.82) is 0 Å². The molecule has 0 saturated carbocycles. The summed E-state index contributed by atoms with van der Waals surface area (Å²) < 4.78 is 30.7. The number of hydrogen-bond donors (Lipinski definition) is 1. The second-order valence-electron chi connectivity index (χ2n) is 6.78. The van der Waals surface area contributed by atoms with Crippen molar-refractivity contribution in [2.24, 2.45) is 0 Å². The number of aryl methyl sites for hydroxylation is 2. The molecule has 1 saturated heterocycles. The first kappa shape index (κ1) is 16.8. The Kier molecular flexibility index (Phi) is 3.87. The van der Waals surface area contributed by atoms with E-state index in [-0.39, 0.29) is 29.2 Å². The van der Waals surface area contributed by atoms with Crippen molar-refractivity contribution in [3.8, 4) is 0 Å². The number of amides is 1. The molecule has 3 aromatic rings. The third-order valence-corrected chi connectivity index (χ3v) is 6.30. The zero-order valence-corrected chi connectivity index (χ0v) is 15.3. The number of nitrogens with one attached hydrogen (secondary N) is 1. The molecule has 1 fully saturated rings. The van der Waals surface area contributed by atoms with Crippen LogP contribution in [0, 0.1) is 13.8 Å². The van der Waals surface area contributed by atoms with Crippen LogP contribution in [0.15, 0.2) is 34.7 Å². The van der Waals surface area contributed by atoms with Crippen LogP contribution < -0.4 is 5.32 Å². The minimum Gasteiger partial charge on any atom is -0.451 e. The van der Waals surface area contributed by atoms with Crippen LogP contribution in [-0.2, 0) is 9.84 Å². The van der Waals surface area contributed by atoms with Gasteiger partial charge in [0.05, 0.1) is 23.2 Å². The molecule has 7 nitrogen and oxygen atoms in total. The lowest BCUT2D eigenvalue weighted by Crippen LogP contribution is -2.19. The van der Waals surface area contributed by atoms with Crippen molar-refractivity contribution in [3.05, 3.63) is 47.3 Å². The molecular weight excluding hydrogens is 354 g/mol. The molecule has 1 aliphatic rings. The Morgan fingerprint density at radius 2 is 2.08 bits per heavy atom. The van der Waals surface area contributed by atoms with Gasteiger partial charge in [0.1, 0.15) is 11.4 Å². The molecule has 3 heterocycles. The molecule has 1 aromatic carbocycles. The molecule has 136 valence electrons. The Labute approximate surface area is 150 Å². The maximum Gasteiger partial charge on any atom is 0.292 e. The Morgan fingerprint density at radius 3 is 2.81 bits per heavy atom. The number of sulfone groups is 1. The van der Waals surface area contributed by atoms with E-state index in [1.54, 1.807) is 23.7 Å². The molecule has 0 spiro atoms. The summed E-state index contributed by atoms with van der Waals surface area (Å²) in [6, 6.07) is 8.88. The first-order valence-corrected chi connectivity index (χ1v) is 10.2. The van der Waals surface area contributed by atoms with E-state index >= 15 is 0 Å². The van der Waals surface area contributed by atoms with E-state index in [0.717, 1.165) is 10.9 Å². The Morgan fingerprint density at radius 1 is 1.27 bits per heavy atom. The first-order valence-electron chi connectivity index (χ1n) is 8.39. The third kappa shape index (κ3) is 3.12. The Bertz CT molecular complexity index is 1110. The minimum atomic E-state index is -3.05. The zero-order chi connectivity index (χ0) is 18.5. The standard InChI is InChI=1S/C18H19N3O4S/c1-11-3-4-15-13(7-11)9-16(25-15)18(22)19-17-8-12(2)20-21(17)14-5-6-26(23,24)10-14/h3-4,7-9,14H,5-6,10H2,1-2H3,(H,19,22)/t14-/m1/s1. The molecule has 8 heteroatoms. The summed E-state index contributed by atoms with van der Waals surface area (Å²) in [6.45, 7) is 3.78. The van der Waals surface area contributed by atoms with Crippen LogP contribution in [-0.4, -0.2) is 35.6 Å². The van der Waals surface area contributed by atoms with Crippen molar-refractivity contribution in [2.75, 3.05) is 16.8 Å². The van der Waals surface area contributed by atoms with E-state index in [2.05, 4.69) is 10.4 Å². The summed E-state index contributed by atoms with van der Waals surface area (Å²) in [5, 5.41) is 8.03. The van der Waals surface area contributed by atoms with Gasteiger partial charge in [-0.2, -0.15) is 5.10 Å². The highest BCUT2D eigenvalue weighted by Crippen LogP contribution is 2.28. The Hall–Kier alpha value is -2.61. The molecule has 1 amide bonds. The number of aromatic nitrogens is 2. The quantitative estimate of drug-likeness (QED) is 0.762. The normalized spacial score (nSPS) is 19.1. The van der Waals surface area contributed by atoms with Gasteiger partial charge in [-0.25, -0.2) is 13.1 Å². The predicted octanol–water partition coefficient (Wildman–Crippen LogP) is 2.86. The van der Waals surface area contributed by atoms with Crippen LogP contribution in [0.4, 0.5) is 5.82 Å². The van der Waals surface area contributed by atoms with Gasteiger partial charge in [0.25, 0.3) is 5.91 Å². The first-order chi connectivity index (χ1) is 12.3. The van der Waals surface area contributed by atoms with E-state index in [4.69, 9.17) is 4.42 Å². The van der Waals surface area contributed by atoms with Gasteiger partial charge in [0.15, 0.2) is 15.6 Å². The van der Waals surface area contributed by atoms with E-state index in [9.17, 15) is 13.2 Å². The summed E-state index contributed by atoms with van der Waals surface area (Å²) in [7, 11) is -3.05. The molecule has 4 rings (SSSR count). The number of rotatable bonds is 3. The lowest BCUT2D eigenvalue weighted by atomic mass is 10.2. The highest BCUT2D eigenvalue weighted by Gasteiger charge is 2.31. The fourth-order valence-corrected chi connectivity index (χ4v) is 5.00. The van der Waals surface area contributed by atoms with Crippen molar-refractivity contribution in [1.82, 2.24) is 9.78 Å². The molecule has 2 aromatic heterocycles. The number of carbonyl (C=O) groups excluding carboxylic acids is 1. The summed E-state index contributed by atoms with van der Waals surface area (Å²) in [4.78, 5) is 12.6. The lowest BCUT2D eigenvalue weighted by Gasteiger charge is -2.13. The monoisotopic (exact) mass is 373 g/mol. The molecule has 0 bridgehead atoms. The highest BCUT2D eigenvalue weighted by atomic mass is 32.2. The van der Waals surface area contributed by atoms with Gasteiger partial charge >= 0.3 is 0 Å². The molecular formula is C18H19N3O4S. The van der Waals surface area contributed by atoms with Crippen LogP contribution in [0.25, 0.3) is 11.0 Å². The summed E-state index contributed by atoms with van der Waals surface area (Å²) in [5.74, 6) is 0.482. The number of nitrogens with zero attached hydrogens (tertiary/aromatic N) is 2. The van der Waals surface area contributed by atoms with Crippen LogP contribution in [0.2, 0.25) is 0 Å². The molecule has 0 radical (unpaired) electrons. The fraction of sp³-hybridized carbons (Fsp3) is 0.333. The molecule has 1 aliphatic heterocycles. The average molecular weight is 373 g/mol. The van der Waals surface area contributed by atoms with Crippen LogP contribution >= 0.6 is 0 Å². The summed E-state index contributed by atoms with van der Waals surface area (Å²) in [5.41, 5.74) is 2.44. The van der Waals surface area contributed by atoms with E-state index in [1.165, 1.54) is 0 Å². The second kappa shape index (κ2) is 5.98. The van der Waals surface area contributed by atoms with Crippen molar-refractivity contribution in [3.63, 3.8) is 0 Å². The Balaban J connectivity index is 1.61. The topological polar surface area (TPSA) is 94.2 Å². The lowest BCUT2D eigenvalue weighted by molar-refractivity contribution is 0.0997. The predicted molar refractivity (Wildman–Crippen MR) is 98.2 cm³/mol. The number of benzene rings is 1. The van der Waals surface area contributed by atoms with E-state index < -0.39 is 9.84 Å². The number of carbonyl (C=O) groups is 1. The number of anilines is 1. The van der Waals surface area contributed by atoms with Crippen molar-refractivity contribution in [2.45, 2.75) is 26.3 Å². The third-order valence-electron chi connectivity index (χ3n) is 4.55. The fourth-order valence-electron chi connectivity index (χ4n) is 3.31. The summed E-state index contributed by atoms with van der Waals surface area (Å²) >= 11 is 0. The van der Waals surface area contributed by atoms with Crippen LogP contribution in [0.5, 0.6) is 0 Å². The minimum absolute atomic E-state index is 0.0426. The second-order valence-corrected chi connectivity index (χ2v) is 9.01. The smallest absolute Gasteiger partial charge is 0.292 e. The molecule has 26 heavy (non-hydrogen) atoms. The van der Waals surface area contributed by atoms with Gasteiger partial charge in [-0.1, -0.05) is 11.6 Å². The van der Waals surface area contributed by atoms with Gasteiger partial charge in [-0.3, -0.25) is 4.79 Å². The average Bonchev–Trinajstić information content (AvgIpc) is 3.23.